The molecule has 4 fully saturated rings. The summed E-state index contributed by atoms with van der Waals surface area (Å²) >= 11 is 0. The molecule has 8 aliphatic rings. The summed E-state index contributed by atoms with van der Waals surface area (Å²) in [4.78, 5) is 5.74. The van der Waals surface area contributed by atoms with E-state index in [1.165, 1.54) is 25.0 Å². The fourth-order valence-corrected chi connectivity index (χ4v) is 4.29. The smallest absolute Gasteiger partial charge is 0.607 e. The summed E-state index contributed by atoms with van der Waals surface area (Å²) in [5, 5.41) is 3.92. The van der Waals surface area contributed by atoms with Crippen molar-refractivity contribution in [3.05, 3.63) is 25.0 Å². The van der Waals surface area contributed by atoms with Crippen molar-refractivity contribution in [2.45, 2.75) is 0 Å². The minimum Gasteiger partial charge on any atom is -0.607 e. The molecule has 0 aromatic rings. The Morgan fingerprint density at radius 3 is 1.44 bits per heavy atom. The number of hydrogen-bond donors (Lipinski definition) is 4. The monoisotopic (exact) mass is 516 g/mol. The Morgan fingerprint density at radius 2 is 0.944 bits per heavy atom. The second-order valence-electron chi connectivity index (χ2n) is 8.45. The predicted octanol–water partition coefficient (Wildman–Crippen LogP) is -7.63. The van der Waals surface area contributed by atoms with E-state index in [2.05, 4.69) is 9.81 Å². The molecule has 0 unspecified atom stereocenters. The van der Waals surface area contributed by atoms with Crippen molar-refractivity contribution in [3.63, 3.8) is 0 Å². The SMILES string of the molecule is C1=CO[B-]2([NH+]=CCO2)O1.C1=CO[B-]2([NH2+]CCO2)O1.C1=[NH+][B-]2(OC1)OCCO2.C1CO[B-]2([NH2+]1)OCCO2. The van der Waals surface area contributed by atoms with Gasteiger partial charge in [0, 0.05) is 26.4 Å². The predicted molar refractivity (Wildman–Crippen MR) is 121 cm³/mol. The van der Waals surface area contributed by atoms with Crippen LogP contribution in [0, 0.1) is 0 Å². The van der Waals surface area contributed by atoms with Gasteiger partial charge in [0.25, 0.3) is 0 Å². The zero-order valence-electron chi connectivity index (χ0n) is 19.9. The summed E-state index contributed by atoms with van der Waals surface area (Å²) in [7, 11) is 0. The van der Waals surface area contributed by atoms with Gasteiger partial charge in [-0.2, -0.15) is 0 Å². The quantitative estimate of drug-likeness (QED) is 0.225. The van der Waals surface area contributed by atoms with E-state index >= 15 is 0 Å². The summed E-state index contributed by atoms with van der Waals surface area (Å²) in [6, 6.07) is 0. The van der Waals surface area contributed by atoms with Crippen LogP contribution in [0.5, 0.6) is 0 Å². The average molecular weight is 516 g/mol. The Morgan fingerprint density at radius 1 is 0.472 bits per heavy atom. The fraction of sp³-hybridized carbons (Fsp3) is 0.625. The molecule has 16 nitrogen and oxygen atoms in total. The normalized spacial score (nSPS) is 29.3. The standard InChI is InChI=1S/C4H10BNO3.2C4H8BNO3.C4H6BNO3/c4*1-2-7-5(6-1)8-3-4-9-5/h1-4,6H2;3-4H,1-2,6H2;1,6H,2-4H2;1,3-4,6H,2H2. The lowest BCUT2D eigenvalue weighted by molar-refractivity contribution is -0.548. The van der Waals surface area contributed by atoms with Gasteiger partial charge in [0.2, 0.25) is 0 Å². The van der Waals surface area contributed by atoms with Gasteiger partial charge in [0.15, 0.2) is 0 Å². The molecule has 200 valence electrons. The maximum Gasteiger partial charge on any atom is 0.811 e. The molecule has 0 aromatic carbocycles. The molecular formula is C16H32B4N4O12. The summed E-state index contributed by atoms with van der Waals surface area (Å²) in [6.07, 6.45) is 9.51. The number of nitrogens with two attached hydrogens (primary N) is 2. The van der Waals surface area contributed by atoms with Crippen LogP contribution in [0.25, 0.3) is 0 Å². The number of quaternary nitrogens is 2. The van der Waals surface area contributed by atoms with Crippen molar-refractivity contribution in [1.82, 2.24) is 0 Å². The Balaban J connectivity index is 0.0000000988. The Labute approximate surface area is 207 Å². The Hall–Kier alpha value is -2.12. The van der Waals surface area contributed by atoms with Crippen LogP contribution in [0.15, 0.2) is 25.0 Å². The lowest BCUT2D eigenvalue weighted by atomic mass is 10.0. The fourth-order valence-electron chi connectivity index (χ4n) is 4.29. The van der Waals surface area contributed by atoms with Crippen LogP contribution < -0.4 is 20.3 Å². The van der Waals surface area contributed by atoms with Crippen LogP contribution in [-0.2, 0) is 55.9 Å². The maximum absolute atomic E-state index is 5.26. The number of rotatable bonds is 0. The third-order valence-corrected chi connectivity index (χ3v) is 5.99. The number of hydrogen-bond acceptors (Lipinski definition) is 12. The average Bonchev–Trinajstić information content (AvgIpc) is 3.78. The molecule has 4 saturated heterocycles. The molecule has 4 spiro atoms. The lowest BCUT2D eigenvalue weighted by Crippen LogP contribution is -2.98. The number of nitrogens with one attached hydrogen (secondary N) is 2. The molecule has 0 aliphatic carbocycles. The Kier molecular flexibility index (Phi) is 8.16. The summed E-state index contributed by atoms with van der Waals surface area (Å²) in [5.74, 6) is 0. The molecule has 8 rings (SSSR count). The van der Waals surface area contributed by atoms with E-state index in [-0.39, 0.29) is 0 Å². The van der Waals surface area contributed by atoms with E-state index in [1.807, 2.05) is 10.5 Å². The van der Waals surface area contributed by atoms with Gasteiger partial charge in [0.1, 0.15) is 12.4 Å². The largest absolute Gasteiger partial charge is 0.811 e. The highest BCUT2D eigenvalue weighted by atomic mass is 16.8. The summed E-state index contributed by atoms with van der Waals surface area (Å²) < 4.78 is 61.8. The zero-order chi connectivity index (χ0) is 24.6. The third-order valence-electron chi connectivity index (χ3n) is 5.99. The van der Waals surface area contributed by atoms with Crippen molar-refractivity contribution in [2.75, 3.05) is 65.9 Å². The molecule has 36 heavy (non-hydrogen) atoms. The third kappa shape index (κ3) is 6.23. The minimum atomic E-state index is -1.64. The molecule has 8 aliphatic heterocycles. The first-order valence-electron chi connectivity index (χ1n) is 12.2. The topological polar surface area (TPSA) is 172 Å². The zero-order valence-corrected chi connectivity index (χ0v) is 19.9. The van der Waals surface area contributed by atoms with E-state index in [0.717, 1.165) is 19.7 Å². The van der Waals surface area contributed by atoms with Crippen molar-refractivity contribution < 1.29 is 76.1 Å². The van der Waals surface area contributed by atoms with E-state index in [0.29, 0.717) is 46.2 Å². The van der Waals surface area contributed by atoms with Crippen LogP contribution in [0.2, 0.25) is 0 Å². The van der Waals surface area contributed by atoms with Gasteiger partial charge in [-0.25, -0.2) is 0 Å². The summed E-state index contributed by atoms with van der Waals surface area (Å²) in [5.41, 5.74) is 0. The van der Waals surface area contributed by atoms with E-state index in [4.69, 9.17) is 55.9 Å². The highest BCUT2D eigenvalue weighted by Crippen LogP contribution is 2.11. The van der Waals surface area contributed by atoms with Crippen molar-refractivity contribution in [3.8, 4) is 0 Å². The van der Waals surface area contributed by atoms with Crippen LogP contribution >= 0.6 is 0 Å². The molecule has 0 aromatic heterocycles. The summed E-state index contributed by atoms with van der Waals surface area (Å²) in [6.45, 7) is 1.07. The van der Waals surface area contributed by atoms with Crippen LogP contribution in [-0.4, -0.2) is 106 Å². The van der Waals surface area contributed by atoms with Crippen LogP contribution in [0.4, 0.5) is 0 Å². The molecule has 20 heteroatoms. The van der Waals surface area contributed by atoms with E-state index in [1.54, 1.807) is 12.4 Å². The molecule has 0 amide bonds. The van der Waals surface area contributed by atoms with Gasteiger partial charge in [-0.1, -0.05) is 0 Å². The Bertz CT molecular complexity index is 776. The minimum absolute atomic E-state index is 0.529. The van der Waals surface area contributed by atoms with Gasteiger partial charge in [0.05, 0.1) is 64.6 Å². The molecule has 0 bridgehead atoms. The second-order valence-corrected chi connectivity index (χ2v) is 8.45. The van der Waals surface area contributed by atoms with E-state index < -0.39 is 27.6 Å². The first kappa shape index (κ1) is 25.5. The van der Waals surface area contributed by atoms with Crippen LogP contribution in [0.3, 0.4) is 0 Å². The molecule has 8 heterocycles. The van der Waals surface area contributed by atoms with Crippen molar-refractivity contribution in [2.24, 2.45) is 0 Å². The van der Waals surface area contributed by atoms with Crippen molar-refractivity contribution in [1.29, 1.82) is 0 Å². The molecule has 6 N–H and O–H groups in total. The second kappa shape index (κ2) is 11.5. The highest BCUT2D eigenvalue weighted by Gasteiger charge is 2.49. The van der Waals surface area contributed by atoms with Crippen LogP contribution in [0.1, 0.15) is 0 Å². The van der Waals surface area contributed by atoms with Gasteiger partial charge >= 0.3 is 27.6 Å². The first-order chi connectivity index (χ1) is 17.7. The van der Waals surface area contributed by atoms with E-state index in [9.17, 15) is 0 Å². The molecule has 0 radical (unpaired) electrons. The van der Waals surface area contributed by atoms with Crippen molar-refractivity contribution >= 4 is 40.0 Å². The molecule has 0 atom stereocenters. The van der Waals surface area contributed by atoms with Gasteiger partial charge in [-0.15, -0.1) is 0 Å². The highest BCUT2D eigenvalue weighted by molar-refractivity contribution is 6.53. The molecule has 0 saturated carbocycles. The van der Waals surface area contributed by atoms with Gasteiger partial charge < -0.3 is 76.1 Å². The first-order valence-corrected chi connectivity index (χ1v) is 12.2. The van der Waals surface area contributed by atoms with Gasteiger partial charge in [-0.05, 0) is 0 Å². The molecular weight excluding hydrogens is 483 g/mol. The lowest BCUT2D eigenvalue weighted by Gasteiger charge is -2.21. The van der Waals surface area contributed by atoms with Gasteiger partial charge in [-0.3, -0.25) is 0 Å². The maximum atomic E-state index is 5.26.